The fraction of sp³-hybridized carbons (Fsp3) is 1.00. The number of hydrogen-bond donors (Lipinski definition) is 2. The lowest BCUT2D eigenvalue weighted by Crippen LogP contribution is -2.35. The summed E-state index contributed by atoms with van der Waals surface area (Å²) in [4.78, 5) is 0. The normalized spacial score (nSPS) is 20.4. The molecule has 15 heavy (non-hydrogen) atoms. The van der Waals surface area contributed by atoms with Crippen LogP contribution in [0.4, 0.5) is 0 Å². The lowest BCUT2D eigenvalue weighted by Gasteiger charge is -2.23. The molecular formula is C12H26N2O. The van der Waals surface area contributed by atoms with E-state index in [1.165, 1.54) is 25.7 Å². The van der Waals surface area contributed by atoms with Gasteiger partial charge in [0.05, 0.1) is 12.7 Å². The van der Waals surface area contributed by atoms with Crippen LogP contribution in [0.1, 0.15) is 39.5 Å². The number of ether oxygens (including phenoxy) is 1. The lowest BCUT2D eigenvalue weighted by molar-refractivity contribution is 0.0339. The van der Waals surface area contributed by atoms with Crippen molar-refractivity contribution < 1.29 is 4.74 Å². The van der Waals surface area contributed by atoms with Gasteiger partial charge in [-0.3, -0.25) is 0 Å². The van der Waals surface area contributed by atoms with Crippen LogP contribution in [-0.4, -0.2) is 38.4 Å². The smallest absolute Gasteiger partial charge is 0.0600 e. The highest BCUT2D eigenvalue weighted by Gasteiger charge is 2.12. The summed E-state index contributed by atoms with van der Waals surface area (Å²) in [5.74, 6) is 0. The molecule has 90 valence electrons. The second-order valence-electron chi connectivity index (χ2n) is 4.46. The van der Waals surface area contributed by atoms with Crippen LogP contribution in [0.25, 0.3) is 0 Å². The summed E-state index contributed by atoms with van der Waals surface area (Å²) in [5, 5.41) is 6.83. The summed E-state index contributed by atoms with van der Waals surface area (Å²) in [6, 6.07) is 0.631. The molecule has 0 aromatic carbocycles. The summed E-state index contributed by atoms with van der Waals surface area (Å²) in [6.45, 7) is 8.55. The lowest BCUT2D eigenvalue weighted by atomic mass is 10.1. The summed E-state index contributed by atoms with van der Waals surface area (Å²) in [5.41, 5.74) is 0. The molecule has 0 bridgehead atoms. The zero-order valence-electron chi connectivity index (χ0n) is 10.2. The van der Waals surface area contributed by atoms with Crippen LogP contribution < -0.4 is 10.6 Å². The molecule has 3 nitrogen and oxygen atoms in total. The van der Waals surface area contributed by atoms with Crippen molar-refractivity contribution >= 4 is 0 Å². The van der Waals surface area contributed by atoms with Crippen LogP contribution >= 0.6 is 0 Å². The van der Waals surface area contributed by atoms with Crippen LogP contribution in [0.15, 0.2) is 0 Å². The molecule has 0 aromatic rings. The second kappa shape index (κ2) is 8.08. The minimum atomic E-state index is 0.495. The van der Waals surface area contributed by atoms with E-state index >= 15 is 0 Å². The maximum absolute atomic E-state index is 5.81. The van der Waals surface area contributed by atoms with Gasteiger partial charge in [-0.2, -0.15) is 0 Å². The molecule has 1 rings (SSSR count). The first-order chi connectivity index (χ1) is 7.33. The first-order valence-corrected chi connectivity index (χ1v) is 6.38. The van der Waals surface area contributed by atoms with Gasteiger partial charge in [0, 0.05) is 12.6 Å². The minimum Gasteiger partial charge on any atom is -0.377 e. The predicted molar refractivity (Wildman–Crippen MR) is 64.2 cm³/mol. The van der Waals surface area contributed by atoms with Crippen molar-refractivity contribution in [3.05, 3.63) is 0 Å². The zero-order chi connectivity index (χ0) is 10.9. The van der Waals surface area contributed by atoms with E-state index in [-0.39, 0.29) is 0 Å². The Labute approximate surface area is 94.0 Å². The molecule has 1 atom stereocenters. The van der Waals surface area contributed by atoms with Crippen LogP contribution in [0.5, 0.6) is 0 Å². The molecule has 1 heterocycles. The highest BCUT2D eigenvalue weighted by atomic mass is 16.5. The number of hydrogen-bond acceptors (Lipinski definition) is 3. The Bertz CT molecular complexity index is 147. The molecule has 0 saturated carbocycles. The van der Waals surface area contributed by atoms with E-state index in [1.54, 1.807) is 0 Å². The molecule has 0 aliphatic carbocycles. The first kappa shape index (κ1) is 12.9. The van der Waals surface area contributed by atoms with Gasteiger partial charge in [-0.1, -0.05) is 13.3 Å². The zero-order valence-corrected chi connectivity index (χ0v) is 10.2. The van der Waals surface area contributed by atoms with Crippen molar-refractivity contribution in [2.75, 3.05) is 26.2 Å². The van der Waals surface area contributed by atoms with Crippen LogP contribution in [0, 0.1) is 0 Å². The molecule has 0 amide bonds. The Morgan fingerprint density at radius 1 is 1.40 bits per heavy atom. The molecule has 0 spiro atoms. The van der Waals surface area contributed by atoms with E-state index in [0.29, 0.717) is 12.1 Å². The Hall–Kier alpha value is -0.120. The van der Waals surface area contributed by atoms with Crippen molar-refractivity contribution in [1.82, 2.24) is 10.6 Å². The fourth-order valence-electron chi connectivity index (χ4n) is 2.03. The van der Waals surface area contributed by atoms with Crippen molar-refractivity contribution in [2.45, 2.75) is 51.7 Å². The highest BCUT2D eigenvalue weighted by molar-refractivity contribution is 4.68. The third-order valence-corrected chi connectivity index (χ3v) is 2.96. The molecule has 1 saturated heterocycles. The molecule has 1 unspecified atom stereocenters. The maximum atomic E-state index is 5.81. The SMILES string of the molecule is CCCC(C)NCCOC1CCNCC1. The molecule has 3 heteroatoms. The molecule has 0 radical (unpaired) electrons. The summed E-state index contributed by atoms with van der Waals surface area (Å²) < 4.78 is 5.81. The van der Waals surface area contributed by atoms with E-state index in [4.69, 9.17) is 4.74 Å². The standard InChI is InChI=1S/C12H26N2O/c1-3-4-11(2)14-9-10-15-12-5-7-13-8-6-12/h11-14H,3-10H2,1-2H3. The van der Waals surface area contributed by atoms with Gasteiger partial charge in [-0.15, -0.1) is 0 Å². The van der Waals surface area contributed by atoms with Crippen molar-refractivity contribution in [1.29, 1.82) is 0 Å². The van der Waals surface area contributed by atoms with Crippen LogP contribution in [-0.2, 0) is 4.74 Å². The Morgan fingerprint density at radius 3 is 2.80 bits per heavy atom. The van der Waals surface area contributed by atoms with Gasteiger partial charge in [0.2, 0.25) is 0 Å². The van der Waals surface area contributed by atoms with Crippen molar-refractivity contribution in [2.24, 2.45) is 0 Å². The van der Waals surface area contributed by atoms with Gasteiger partial charge in [0.1, 0.15) is 0 Å². The number of piperidine rings is 1. The second-order valence-corrected chi connectivity index (χ2v) is 4.46. The fourth-order valence-corrected chi connectivity index (χ4v) is 2.03. The van der Waals surface area contributed by atoms with E-state index in [2.05, 4.69) is 24.5 Å². The number of nitrogens with one attached hydrogen (secondary N) is 2. The van der Waals surface area contributed by atoms with E-state index in [0.717, 1.165) is 26.2 Å². The van der Waals surface area contributed by atoms with Gasteiger partial charge in [0.15, 0.2) is 0 Å². The molecule has 0 aromatic heterocycles. The number of rotatable bonds is 7. The maximum Gasteiger partial charge on any atom is 0.0600 e. The monoisotopic (exact) mass is 214 g/mol. The van der Waals surface area contributed by atoms with E-state index < -0.39 is 0 Å². The molecule has 1 aliphatic heterocycles. The largest absolute Gasteiger partial charge is 0.377 e. The molecule has 1 aliphatic rings. The van der Waals surface area contributed by atoms with Gasteiger partial charge < -0.3 is 15.4 Å². The van der Waals surface area contributed by atoms with Gasteiger partial charge in [-0.05, 0) is 39.3 Å². The van der Waals surface area contributed by atoms with Crippen molar-refractivity contribution in [3.63, 3.8) is 0 Å². The van der Waals surface area contributed by atoms with Crippen LogP contribution in [0.2, 0.25) is 0 Å². The minimum absolute atomic E-state index is 0.495. The molecule has 2 N–H and O–H groups in total. The average molecular weight is 214 g/mol. The third-order valence-electron chi connectivity index (χ3n) is 2.96. The third kappa shape index (κ3) is 6.13. The highest BCUT2D eigenvalue weighted by Crippen LogP contribution is 2.06. The Morgan fingerprint density at radius 2 is 2.13 bits per heavy atom. The molecule has 1 fully saturated rings. The predicted octanol–water partition coefficient (Wildman–Crippen LogP) is 1.53. The summed E-state index contributed by atoms with van der Waals surface area (Å²) in [6.07, 6.45) is 5.35. The van der Waals surface area contributed by atoms with Gasteiger partial charge >= 0.3 is 0 Å². The van der Waals surface area contributed by atoms with Crippen LogP contribution in [0.3, 0.4) is 0 Å². The Balaban J connectivity index is 1.91. The average Bonchev–Trinajstić information content (AvgIpc) is 2.26. The van der Waals surface area contributed by atoms with Gasteiger partial charge in [-0.25, -0.2) is 0 Å². The summed E-state index contributed by atoms with van der Waals surface area (Å²) >= 11 is 0. The van der Waals surface area contributed by atoms with E-state index in [9.17, 15) is 0 Å². The topological polar surface area (TPSA) is 33.3 Å². The van der Waals surface area contributed by atoms with E-state index in [1.807, 2.05) is 0 Å². The Kier molecular flexibility index (Phi) is 6.98. The van der Waals surface area contributed by atoms with Crippen molar-refractivity contribution in [3.8, 4) is 0 Å². The first-order valence-electron chi connectivity index (χ1n) is 6.38. The van der Waals surface area contributed by atoms with Gasteiger partial charge in [0.25, 0.3) is 0 Å². The summed E-state index contributed by atoms with van der Waals surface area (Å²) in [7, 11) is 0. The molecular weight excluding hydrogens is 188 g/mol. The quantitative estimate of drug-likeness (QED) is 0.631.